The van der Waals surface area contributed by atoms with Gasteiger partial charge in [-0.15, -0.1) is 0 Å². The molecule has 2 aliphatic rings. The summed E-state index contributed by atoms with van der Waals surface area (Å²) in [6.07, 6.45) is 0.994. The number of amidine groups is 1. The van der Waals surface area contributed by atoms with E-state index in [0.29, 0.717) is 35.0 Å². The van der Waals surface area contributed by atoms with Crippen molar-refractivity contribution >= 4 is 40.3 Å². The number of urea groups is 1. The number of anilines is 2. The van der Waals surface area contributed by atoms with Crippen LogP contribution in [0.5, 0.6) is 5.75 Å². The maximum absolute atomic E-state index is 13.1. The van der Waals surface area contributed by atoms with Crippen molar-refractivity contribution in [1.82, 2.24) is 4.90 Å². The van der Waals surface area contributed by atoms with Gasteiger partial charge in [-0.1, -0.05) is 36.0 Å². The minimum Gasteiger partial charge on any atom is -0.495 e. The van der Waals surface area contributed by atoms with Gasteiger partial charge in [0.15, 0.2) is 5.17 Å². The number of methoxy groups -OCH3 is 2. The summed E-state index contributed by atoms with van der Waals surface area (Å²) >= 11 is 1.69. The number of esters is 1. The Balaban J connectivity index is 1.53. The van der Waals surface area contributed by atoms with Gasteiger partial charge in [0.05, 0.1) is 36.7 Å². The Morgan fingerprint density at radius 2 is 1.86 bits per heavy atom. The number of fused-ring (bicyclic) bond motifs is 1. The van der Waals surface area contributed by atoms with Gasteiger partial charge in [0, 0.05) is 25.1 Å². The molecule has 0 aliphatic carbocycles. The summed E-state index contributed by atoms with van der Waals surface area (Å²) in [5.41, 5.74) is 3.28. The molecule has 36 heavy (non-hydrogen) atoms. The third-order valence-electron chi connectivity index (χ3n) is 5.84. The fourth-order valence-corrected chi connectivity index (χ4v) is 5.17. The first-order valence-electron chi connectivity index (χ1n) is 11.7. The molecular weight excluding hydrogens is 480 g/mol. The molecule has 0 spiro atoms. The van der Waals surface area contributed by atoms with Crippen LogP contribution in [0.15, 0.2) is 64.8 Å². The van der Waals surface area contributed by atoms with Gasteiger partial charge in [-0.3, -0.25) is 0 Å². The van der Waals surface area contributed by atoms with Crippen molar-refractivity contribution in [3.8, 4) is 5.75 Å². The second-order valence-corrected chi connectivity index (χ2v) is 9.28. The van der Waals surface area contributed by atoms with Gasteiger partial charge >= 0.3 is 12.0 Å². The lowest BCUT2D eigenvalue weighted by Gasteiger charge is -2.40. The van der Waals surface area contributed by atoms with Gasteiger partial charge in [-0.25, -0.2) is 14.6 Å². The Bertz CT molecular complexity index is 1170. The molecule has 0 aromatic heterocycles. The number of rotatable bonds is 8. The number of allylic oxidation sites excluding steroid dienone is 1. The van der Waals surface area contributed by atoms with Gasteiger partial charge in [-0.05, 0) is 43.2 Å². The second kappa shape index (κ2) is 12.0. The van der Waals surface area contributed by atoms with Crippen LogP contribution < -0.4 is 15.4 Å². The predicted molar refractivity (Wildman–Crippen MR) is 142 cm³/mol. The van der Waals surface area contributed by atoms with E-state index in [1.54, 1.807) is 38.1 Å². The van der Waals surface area contributed by atoms with E-state index in [1.807, 2.05) is 43.3 Å². The van der Waals surface area contributed by atoms with Gasteiger partial charge in [0.25, 0.3) is 0 Å². The Kier molecular flexibility index (Phi) is 8.50. The zero-order valence-corrected chi connectivity index (χ0v) is 21.4. The topological polar surface area (TPSA) is 101 Å². The van der Waals surface area contributed by atoms with Crippen molar-refractivity contribution in [3.63, 3.8) is 0 Å². The van der Waals surface area contributed by atoms with Crippen molar-refractivity contribution < 1.29 is 23.8 Å². The highest BCUT2D eigenvalue weighted by Crippen LogP contribution is 2.40. The number of benzene rings is 2. The molecule has 1 atom stereocenters. The van der Waals surface area contributed by atoms with E-state index in [9.17, 15) is 9.59 Å². The maximum Gasteiger partial charge on any atom is 0.338 e. The standard InChI is InChI=1S/C26H30N4O5S/c1-17-22(24(31)35-15-14-33-2)23(30-13-6-16-36-26(30)27-17)18-9-11-19(12-10-18)28-25(32)29-20-7-4-5-8-21(20)34-3/h4-5,7-12,23H,6,13-16H2,1-3H3,(H2,28,29,32)/t23-/m1/s1. The molecule has 0 saturated carbocycles. The fraction of sp³-hybridized carbons (Fsp3) is 0.346. The van der Waals surface area contributed by atoms with Crippen molar-refractivity contribution in [1.29, 1.82) is 0 Å². The summed E-state index contributed by atoms with van der Waals surface area (Å²) in [5.74, 6) is 1.17. The van der Waals surface area contributed by atoms with Crippen LogP contribution >= 0.6 is 11.8 Å². The predicted octanol–water partition coefficient (Wildman–Crippen LogP) is 4.65. The van der Waals surface area contributed by atoms with Crippen molar-refractivity contribution in [3.05, 3.63) is 65.4 Å². The third-order valence-corrected chi connectivity index (χ3v) is 6.92. The summed E-state index contributed by atoms with van der Waals surface area (Å²) in [7, 11) is 3.12. The fourth-order valence-electron chi connectivity index (χ4n) is 4.15. The van der Waals surface area contributed by atoms with Crippen LogP contribution in [0.25, 0.3) is 0 Å². The number of para-hydroxylation sites is 2. The molecular formula is C26H30N4O5S. The Morgan fingerprint density at radius 3 is 2.61 bits per heavy atom. The number of amides is 2. The molecule has 2 amide bonds. The quantitative estimate of drug-likeness (QED) is 0.394. The average molecular weight is 511 g/mol. The highest BCUT2D eigenvalue weighted by molar-refractivity contribution is 8.13. The first kappa shape index (κ1) is 25.6. The number of aliphatic imine (C=N–C) groups is 1. The van der Waals surface area contributed by atoms with Crippen LogP contribution in [0, 0.1) is 0 Å². The lowest BCUT2D eigenvalue weighted by molar-refractivity contribution is -0.141. The van der Waals surface area contributed by atoms with Crippen LogP contribution in [0.4, 0.5) is 16.2 Å². The van der Waals surface area contributed by atoms with Crippen molar-refractivity contribution in [2.45, 2.75) is 19.4 Å². The number of carbonyl (C=O) groups is 2. The molecule has 0 radical (unpaired) electrons. The number of hydrogen-bond donors (Lipinski definition) is 2. The van der Waals surface area contributed by atoms with Crippen molar-refractivity contribution in [2.24, 2.45) is 4.99 Å². The smallest absolute Gasteiger partial charge is 0.338 e. The van der Waals surface area contributed by atoms with Gasteiger partial charge in [0.2, 0.25) is 0 Å². The Labute approximate surface area is 214 Å². The number of carbonyl (C=O) groups excluding carboxylic acids is 2. The van der Waals surface area contributed by atoms with E-state index < -0.39 is 5.97 Å². The van der Waals surface area contributed by atoms with Gasteiger partial charge < -0.3 is 29.7 Å². The monoisotopic (exact) mass is 510 g/mol. The number of nitrogens with zero attached hydrogens (tertiary/aromatic N) is 2. The molecule has 2 heterocycles. The minimum atomic E-state index is -0.397. The van der Waals surface area contributed by atoms with Crippen LogP contribution in [0.3, 0.4) is 0 Å². The second-order valence-electron chi connectivity index (χ2n) is 8.22. The van der Waals surface area contributed by atoms with Crippen molar-refractivity contribution in [2.75, 3.05) is 50.4 Å². The van der Waals surface area contributed by atoms with Crippen LogP contribution in [-0.4, -0.2) is 61.8 Å². The molecule has 9 nitrogen and oxygen atoms in total. The number of ether oxygens (including phenoxy) is 3. The summed E-state index contributed by atoms with van der Waals surface area (Å²) in [6.45, 7) is 3.14. The minimum absolute atomic E-state index is 0.175. The summed E-state index contributed by atoms with van der Waals surface area (Å²) < 4.78 is 15.8. The molecule has 2 aliphatic heterocycles. The number of thioether (sulfide) groups is 1. The van der Waals surface area contributed by atoms with E-state index in [-0.39, 0.29) is 18.7 Å². The number of hydrogen-bond acceptors (Lipinski definition) is 8. The first-order chi connectivity index (χ1) is 17.5. The molecule has 0 unspecified atom stereocenters. The van der Waals surface area contributed by atoms with E-state index in [4.69, 9.17) is 19.2 Å². The van der Waals surface area contributed by atoms with E-state index >= 15 is 0 Å². The molecule has 2 aromatic rings. The van der Waals surface area contributed by atoms with Gasteiger partial charge in [-0.2, -0.15) is 0 Å². The number of nitrogens with one attached hydrogen (secondary N) is 2. The molecule has 1 fully saturated rings. The zero-order valence-electron chi connectivity index (χ0n) is 20.6. The highest BCUT2D eigenvalue weighted by atomic mass is 32.2. The summed E-state index contributed by atoms with van der Waals surface area (Å²) in [5, 5.41) is 6.55. The SMILES string of the molecule is COCCOC(=O)C1=C(C)N=C2SCCCN2[C@@H]1c1ccc(NC(=O)Nc2ccccc2OC)cc1. The largest absolute Gasteiger partial charge is 0.495 e. The average Bonchev–Trinajstić information content (AvgIpc) is 2.88. The molecule has 0 bridgehead atoms. The lowest BCUT2D eigenvalue weighted by atomic mass is 9.94. The first-order valence-corrected chi connectivity index (χ1v) is 12.7. The van der Waals surface area contributed by atoms with E-state index in [1.165, 1.54) is 0 Å². The van der Waals surface area contributed by atoms with Crippen LogP contribution in [0.2, 0.25) is 0 Å². The molecule has 1 saturated heterocycles. The van der Waals surface area contributed by atoms with Gasteiger partial charge in [0.1, 0.15) is 12.4 Å². The third kappa shape index (κ3) is 5.83. The lowest BCUT2D eigenvalue weighted by Crippen LogP contribution is -2.42. The van der Waals surface area contributed by atoms with Crippen LogP contribution in [-0.2, 0) is 14.3 Å². The van der Waals surface area contributed by atoms with E-state index in [2.05, 4.69) is 15.5 Å². The molecule has 4 rings (SSSR count). The summed E-state index contributed by atoms with van der Waals surface area (Å²) in [4.78, 5) is 32.5. The highest BCUT2D eigenvalue weighted by Gasteiger charge is 2.37. The zero-order chi connectivity index (χ0) is 25.5. The maximum atomic E-state index is 13.1. The molecule has 2 aromatic carbocycles. The normalized spacial score (nSPS) is 17.1. The molecule has 10 heteroatoms. The Hall–Kier alpha value is -3.50. The van der Waals surface area contributed by atoms with E-state index in [0.717, 1.165) is 29.4 Å². The Morgan fingerprint density at radius 1 is 1.08 bits per heavy atom. The molecule has 2 N–H and O–H groups in total. The van der Waals surface area contributed by atoms with Crippen LogP contribution in [0.1, 0.15) is 24.9 Å². The molecule has 190 valence electrons. The summed E-state index contributed by atoms with van der Waals surface area (Å²) in [6, 6.07) is 14.0.